The fourth-order valence-corrected chi connectivity index (χ4v) is 3.80. The summed E-state index contributed by atoms with van der Waals surface area (Å²) in [6, 6.07) is 14.4. The van der Waals surface area contributed by atoms with Crippen molar-refractivity contribution in [3.05, 3.63) is 65.7 Å². The Morgan fingerprint density at radius 3 is 2.24 bits per heavy atom. The number of alkyl carbamates (subject to hydrolysis) is 1. The van der Waals surface area contributed by atoms with E-state index in [0.29, 0.717) is 12.8 Å². The Balaban J connectivity index is 1.80. The van der Waals surface area contributed by atoms with Crippen LogP contribution in [0.3, 0.4) is 0 Å². The number of carboxylic acids is 2. The van der Waals surface area contributed by atoms with Gasteiger partial charge in [-0.3, -0.25) is 14.4 Å². The molecule has 2 aromatic carbocycles. The number of amides is 3. The minimum absolute atomic E-state index is 0.0742. The molecule has 0 aliphatic carbocycles. The van der Waals surface area contributed by atoms with E-state index in [1.54, 1.807) is 12.1 Å². The number of hydrogen-bond donors (Lipinski definition) is 4. The minimum Gasteiger partial charge on any atom is -0.480 e. The number of hydrogen-bond acceptors (Lipinski definition) is 7. The Labute approximate surface area is 224 Å². The van der Waals surface area contributed by atoms with Crippen molar-refractivity contribution in [1.29, 1.82) is 0 Å². The molecule has 0 aliphatic heterocycles. The van der Waals surface area contributed by atoms with Gasteiger partial charge in [0, 0.05) is 17.0 Å². The Kier molecular flexibility index (Phi) is 12.6. The smallest absolute Gasteiger partial charge is 0.407 e. The second kappa shape index (κ2) is 15.9. The van der Waals surface area contributed by atoms with E-state index in [4.69, 9.17) is 4.74 Å². The number of carbonyl (C=O) groups excluding carboxylic acids is 3. The van der Waals surface area contributed by atoms with E-state index < -0.39 is 49.0 Å². The van der Waals surface area contributed by atoms with E-state index in [-0.39, 0.29) is 25.1 Å². The molecule has 12 heteroatoms. The third-order valence-corrected chi connectivity index (χ3v) is 6.06. The van der Waals surface area contributed by atoms with Gasteiger partial charge in [0.05, 0.1) is 0 Å². The third kappa shape index (κ3) is 10.9. The number of carbonyl (C=O) groups is 5. The largest absolute Gasteiger partial charge is 0.480 e. The first-order valence-corrected chi connectivity index (χ1v) is 13.0. The summed E-state index contributed by atoms with van der Waals surface area (Å²) in [5.74, 6) is -4.03. The summed E-state index contributed by atoms with van der Waals surface area (Å²) < 4.78 is 5.10. The predicted octanol–water partition coefficient (Wildman–Crippen LogP) is 2.60. The highest BCUT2D eigenvalue weighted by Crippen LogP contribution is 2.16. The van der Waals surface area contributed by atoms with Crippen LogP contribution < -0.4 is 10.6 Å². The molecule has 11 nitrogen and oxygen atoms in total. The maximum Gasteiger partial charge on any atom is 0.407 e. The molecule has 0 heterocycles. The lowest BCUT2D eigenvalue weighted by molar-refractivity contribution is -0.142. The van der Waals surface area contributed by atoms with Gasteiger partial charge in [0.2, 0.25) is 5.91 Å². The quantitative estimate of drug-likeness (QED) is 0.195. The molecule has 0 spiro atoms. The molecule has 38 heavy (non-hydrogen) atoms. The van der Waals surface area contributed by atoms with Crippen LogP contribution in [0.2, 0.25) is 0 Å². The SMILES string of the molecule is CSc1ccc(C(=O)N(CC(=O)O)CC(=O)N[C@H](CCCCNC(=O)OCc2ccccc2)C(=O)O)cc1. The van der Waals surface area contributed by atoms with E-state index in [1.165, 1.54) is 23.9 Å². The van der Waals surface area contributed by atoms with Gasteiger partial charge < -0.3 is 30.5 Å². The Bertz CT molecular complexity index is 1100. The van der Waals surface area contributed by atoms with Crippen LogP contribution in [0.1, 0.15) is 35.2 Å². The van der Waals surface area contributed by atoms with Crippen molar-refractivity contribution in [2.75, 3.05) is 25.9 Å². The maximum absolute atomic E-state index is 12.8. The number of unbranched alkanes of at least 4 members (excludes halogenated alkanes) is 1. The number of aliphatic carboxylic acids is 2. The molecule has 0 aliphatic rings. The first-order valence-electron chi connectivity index (χ1n) is 11.8. The molecule has 0 radical (unpaired) electrons. The van der Waals surface area contributed by atoms with Crippen molar-refractivity contribution >= 4 is 41.6 Å². The average Bonchev–Trinajstić information content (AvgIpc) is 2.90. The lowest BCUT2D eigenvalue weighted by atomic mass is 10.1. The van der Waals surface area contributed by atoms with Crippen LogP contribution in [0, 0.1) is 0 Å². The van der Waals surface area contributed by atoms with Crippen LogP contribution in [-0.2, 0) is 25.7 Å². The second-order valence-corrected chi connectivity index (χ2v) is 9.11. The van der Waals surface area contributed by atoms with E-state index >= 15 is 0 Å². The van der Waals surface area contributed by atoms with Gasteiger partial charge in [-0.15, -0.1) is 11.8 Å². The molecule has 0 saturated heterocycles. The molecule has 0 saturated carbocycles. The van der Waals surface area contributed by atoms with Crippen molar-refractivity contribution in [3.63, 3.8) is 0 Å². The van der Waals surface area contributed by atoms with Gasteiger partial charge >= 0.3 is 18.0 Å². The Morgan fingerprint density at radius 1 is 0.947 bits per heavy atom. The number of nitrogens with one attached hydrogen (secondary N) is 2. The van der Waals surface area contributed by atoms with Crippen LogP contribution in [0.4, 0.5) is 4.79 Å². The number of benzene rings is 2. The van der Waals surface area contributed by atoms with Crippen molar-refractivity contribution in [1.82, 2.24) is 15.5 Å². The lowest BCUT2D eigenvalue weighted by Gasteiger charge is -2.22. The molecule has 3 amide bonds. The van der Waals surface area contributed by atoms with E-state index in [2.05, 4.69) is 10.6 Å². The standard InChI is InChI=1S/C26H31N3O8S/c1-38-20-12-10-19(11-13-20)24(33)29(16-23(31)32)15-22(30)28-21(25(34)35)9-5-6-14-27-26(36)37-17-18-7-3-2-4-8-18/h2-4,7-8,10-13,21H,5-6,9,14-17H2,1H3,(H,27,36)(H,28,30)(H,31,32)(H,34,35)/t21-/m1/s1. The van der Waals surface area contributed by atoms with E-state index in [0.717, 1.165) is 15.4 Å². The van der Waals surface area contributed by atoms with Gasteiger partial charge in [0.1, 0.15) is 25.7 Å². The molecule has 2 aromatic rings. The van der Waals surface area contributed by atoms with Gasteiger partial charge in [-0.05, 0) is 55.3 Å². The van der Waals surface area contributed by atoms with Gasteiger partial charge in [-0.25, -0.2) is 9.59 Å². The summed E-state index contributed by atoms with van der Waals surface area (Å²) in [4.78, 5) is 61.7. The summed E-state index contributed by atoms with van der Waals surface area (Å²) in [5, 5.41) is 23.6. The van der Waals surface area contributed by atoms with Crippen LogP contribution in [-0.4, -0.2) is 76.9 Å². The summed E-state index contributed by atoms with van der Waals surface area (Å²) in [7, 11) is 0. The van der Waals surface area contributed by atoms with Gasteiger partial charge in [-0.2, -0.15) is 0 Å². The average molecular weight is 546 g/mol. The highest BCUT2D eigenvalue weighted by atomic mass is 32.2. The van der Waals surface area contributed by atoms with Crippen LogP contribution in [0.5, 0.6) is 0 Å². The van der Waals surface area contributed by atoms with Gasteiger partial charge in [0.25, 0.3) is 5.91 Å². The van der Waals surface area contributed by atoms with Gasteiger partial charge in [-0.1, -0.05) is 30.3 Å². The fourth-order valence-electron chi connectivity index (χ4n) is 3.39. The normalized spacial score (nSPS) is 11.2. The van der Waals surface area contributed by atoms with Crippen LogP contribution in [0.25, 0.3) is 0 Å². The first-order chi connectivity index (χ1) is 18.2. The van der Waals surface area contributed by atoms with Crippen molar-refractivity contribution in [2.24, 2.45) is 0 Å². The fraction of sp³-hybridized carbons (Fsp3) is 0.346. The van der Waals surface area contributed by atoms with Crippen molar-refractivity contribution in [2.45, 2.75) is 36.8 Å². The minimum atomic E-state index is -1.31. The molecule has 0 aromatic heterocycles. The third-order valence-electron chi connectivity index (χ3n) is 5.32. The highest BCUT2D eigenvalue weighted by Gasteiger charge is 2.25. The molecular formula is C26H31N3O8S. The number of thioether (sulfide) groups is 1. The second-order valence-electron chi connectivity index (χ2n) is 8.23. The Hall–Kier alpha value is -4.06. The van der Waals surface area contributed by atoms with E-state index in [9.17, 15) is 34.2 Å². The molecule has 4 N–H and O–H groups in total. The zero-order valence-corrected chi connectivity index (χ0v) is 21.7. The number of ether oxygens (including phenoxy) is 1. The van der Waals surface area contributed by atoms with Crippen molar-refractivity contribution in [3.8, 4) is 0 Å². The predicted molar refractivity (Wildman–Crippen MR) is 140 cm³/mol. The monoisotopic (exact) mass is 545 g/mol. The first kappa shape index (κ1) is 30.2. The topological polar surface area (TPSA) is 162 Å². The highest BCUT2D eigenvalue weighted by molar-refractivity contribution is 7.98. The van der Waals surface area contributed by atoms with Crippen LogP contribution >= 0.6 is 11.8 Å². The molecule has 0 fully saturated rings. The Morgan fingerprint density at radius 2 is 1.63 bits per heavy atom. The van der Waals surface area contributed by atoms with Crippen molar-refractivity contribution < 1.29 is 38.9 Å². The number of carboxylic acid groups (broad SMARTS) is 2. The maximum atomic E-state index is 12.8. The lowest BCUT2D eigenvalue weighted by Crippen LogP contribution is -2.48. The number of rotatable bonds is 15. The summed E-state index contributed by atoms with van der Waals surface area (Å²) in [5.41, 5.74) is 1.06. The summed E-state index contributed by atoms with van der Waals surface area (Å²) >= 11 is 1.47. The molecule has 0 bridgehead atoms. The number of nitrogens with zero attached hydrogens (tertiary/aromatic N) is 1. The molecule has 204 valence electrons. The summed E-state index contributed by atoms with van der Waals surface area (Å²) in [6.07, 6.45) is 2.16. The molecule has 2 rings (SSSR count). The summed E-state index contributed by atoms with van der Waals surface area (Å²) in [6.45, 7) is -0.956. The molecular weight excluding hydrogens is 514 g/mol. The molecule has 0 unspecified atom stereocenters. The zero-order valence-electron chi connectivity index (χ0n) is 20.9. The zero-order chi connectivity index (χ0) is 27.9. The van der Waals surface area contributed by atoms with Crippen LogP contribution in [0.15, 0.2) is 59.5 Å². The van der Waals surface area contributed by atoms with Gasteiger partial charge in [0.15, 0.2) is 0 Å². The molecule has 1 atom stereocenters. The van der Waals surface area contributed by atoms with E-state index in [1.807, 2.05) is 36.6 Å².